The summed E-state index contributed by atoms with van der Waals surface area (Å²) in [5, 5.41) is 57.7. The molecule has 0 saturated carbocycles. The van der Waals surface area contributed by atoms with Gasteiger partial charge in [-0.15, -0.1) is 0 Å². The van der Waals surface area contributed by atoms with E-state index in [-0.39, 0.29) is 38.5 Å². The number of allylic oxidation sites excluding steroid dienone is 6. The lowest BCUT2D eigenvalue weighted by atomic mass is 9.98. The van der Waals surface area contributed by atoms with Crippen LogP contribution >= 0.6 is 0 Å². The van der Waals surface area contributed by atoms with Gasteiger partial charge in [0.15, 0.2) is 18.7 Å². The highest BCUT2D eigenvalue weighted by Crippen LogP contribution is 2.27. The number of hydrogen-bond acceptors (Lipinski definition) is 15. The Morgan fingerprint density at radius 2 is 1.34 bits per heavy atom. The van der Waals surface area contributed by atoms with Crippen molar-refractivity contribution in [2.24, 2.45) is 0 Å². The van der Waals surface area contributed by atoms with Crippen LogP contribution in [0, 0.1) is 0 Å². The van der Waals surface area contributed by atoms with Gasteiger partial charge in [-0.25, -0.2) is 9.59 Å². The standard InChI is InChI=1S/C41H70N2O15/c1-5-7-8-9-10-11-12-13-14-15-16-17-18-19-20-24-31(44)43-28(38(50)54-6-2)23-21-22-25-42-41(51)58-37-33(46)30(56-39(53-4)36(37)49)27-55-40-35(48)34(47)32(45)29(57-40)26-52-3/h10-11,13-14,16-17,28-30,32-37,39-40,45-49H,5-9,12,15,18-27H2,1-4H3,(H,42,51)(H,43,44)/b11-10-,14-13-,17-16-/t28-,29?,30?,32+,33+,34-,35?,36?,37-,39-,40+/m0/s1. The number of ether oxygens (including phenoxy) is 7. The van der Waals surface area contributed by atoms with Crippen molar-refractivity contribution in [1.29, 1.82) is 0 Å². The summed E-state index contributed by atoms with van der Waals surface area (Å²) in [6, 6.07) is -0.839. The molecule has 2 rings (SSSR count). The van der Waals surface area contributed by atoms with Crippen LogP contribution < -0.4 is 10.6 Å². The summed E-state index contributed by atoms with van der Waals surface area (Å²) in [6.45, 7) is 3.61. The van der Waals surface area contributed by atoms with Gasteiger partial charge in [0, 0.05) is 27.2 Å². The first-order chi connectivity index (χ1) is 28.0. The monoisotopic (exact) mass is 830 g/mol. The first kappa shape index (κ1) is 51.2. The van der Waals surface area contributed by atoms with Crippen molar-refractivity contribution in [3.63, 3.8) is 0 Å². The maximum absolute atomic E-state index is 12.7. The number of methoxy groups -OCH3 is 2. The maximum Gasteiger partial charge on any atom is 0.407 e. The molecule has 0 aliphatic carbocycles. The van der Waals surface area contributed by atoms with Crippen LogP contribution in [0.2, 0.25) is 0 Å². The number of carbonyl (C=O) groups is 3. The molecule has 2 aliphatic heterocycles. The predicted octanol–water partition coefficient (Wildman–Crippen LogP) is 2.45. The minimum Gasteiger partial charge on any atom is -0.464 e. The smallest absolute Gasteiger partial charge is 0.407 e. The van der Waals surface area contributed by atoms with Crippen molar-refractivity contribution < 1.29 is 73.1 Å². The van der Waals surface area contributed by atoms with Crippen molar-refractivity contribution in [3.8, 4) is 0 Å². The molecule has 0 aromatic rings. The second-order valence-corrected chi connectivity index (χ2v) is 14.4. The third-order valence-electron chi connectivity index (χ3n) is 9.68. The van der Waals surface area contributed by atoms with Gasteiger partial charge in [0.05, 0.1) is 19.8 Å². The molecule has 17 heteroatoms. The SMILES string of the molecule is CCCCC/C=C\C/C=C\C/C=C\CCCCC(=O)N[C@@H](CCCCNC(=O)O[C@@H]1C(O)[C@@H](OC)OC(CO[C@@H]2OC(COC)[C@@H](O)[C@H](O)C2O)[C@H]1O)C(=O)OCC. The number of hydrogen-bond donors (Lipinski definition) is 7. The fraction of sp³-hybridized carbons (Fsp3) is 0.780. The van der Waals surface area contributed by atoms with Crippen molar-refractivity contribution in [3.05, 3.63) is 36.5 Å². The Bertz CT molecular complexity index is 1240. The maximum atomic E-state index is 12.7. The highest BCUT2D eigenvalue weighted by molar-refractivity contribution is 5.84. The molecule has 0 aromatic heterocycles. The van der Waals surface area contributed by atoms with Crippen LogP contribution in [0.5, 0.6) is 0 Å². The van der Waals surface area contributed by atoms with Gasteiger partial charge in [-0.05, 0) is 71.1 Å². The average Bonchev–Trinajstić information content (AvgIpc) is 3.20. The molecular weight excluding hydrogens is 760 g/mol. The number of nitrogens with one attached hydrogen (secondary N) is 2. The van der Waals surface area contributed by atoms with Crippen molar-refractivity contribution >= 4 is 18.0 Å². The molecule has 334 valence electrons. The molecule has 2 amide bonds. The Morgan fingerprint density at radius 1 is 0.707 bits per heavy atom. The molecule has 4 unspecified atom stereocenters. The van der Waals surface area contributed by atoms with Gasteiger partial charge < -0.3 is 69.3 Å². The van der Waals surface area contributed by atoms with Gasteiger partial charge >= 0.3 is 12.1 Å². The summed E-state index contributed by atoms with van der Waals surface area (Å²) in [5.41, 5.74) is 0. The summed E-state index contributed by atoms with van der Waals surface area (Å²) in [6.07, 6.45) is 8.12. The Morgan fingerprint density at radius 3 is 1.98 bits per heavy atom. The highest BCUT2D eigenvalue weighted by Gasteiger charge is 2.49. The third-order valence-corrected chi connectivity index (χ3v) is 9.68. The first-order valence-corrected chi connectivity index (χ1v) is 20.7. The molecule has 0 spiro atoms. The first-order valence-electron chi connectivity index (χ1n) is 20.7. The van der Waals surface area contributed by atoms with Crippen LogP contribution in [0.4, 0.5) is 4.79 Å². The normalized spacial score (nSPS) is 28.2. The topological polar surface area (TPSA) is 241 Å². The Hall–Kier alpha value is -2.97. The summed E-state index contributed by atoms with van der Waals surface area (Å²) < 4.78 is 37.3. The molecule has 0 aromatic carbocycles. The Kier molecular flexibility index (Phi) is 26.6. The molecule has 17 nitrogen and oxygen atoms in total. The number of esters is 1. The average molecular weight is 831 g/mol. The van der Waals surface area contributed by atoms with Crippen LogP contribution in [0.1, 0.15) is 97.3 Å². The number of unbranched alkanes of at least 4 members (excludes halogenated alkanes) is 6. The number of carbonyl (C=O) groups excluding carboxylic acids is 3. The van der Waals surface area contributed by atoms with Crippen molar-refractivity contribution in [2.45, 2.75) is 165 Å². The molecule has 2 fully saturated rings. The van der Waals surface area contributed by atoms with Crippen LogP contribution in [0.3, 0.4) is 0 Å². The van der Waals surface area contributed by atoms with Gasteiger partial charge in [0.2, 0.25) is 5.91 Å². The zero-order chi connectivity index (χ0) is 42.7. The number of alkyl carbamates (subject to hydrolysis) is 1. The summed E-state index contributed by atoms with van der Waals surface area (Å²) in [4.78, 5) is 37.9. The quantitative estimate of drug-likeness (QED) is 0.0341. The van der Waals surface area contributed by atoms with Crippen molar-refractivity contribution in [2.75, 3.05) is 40.6 Å². The second kappa shape index (κ2) is 30.1. The van der Waals surface area contributed by atoms with Crippen LogP contribution in [0.25, 0.3) is 0 Å². The van der Waals surface area contributed by atoms with E-state index >= 15 is 0 Å². The van der Waals surface area contributed by atoms with E-state index in [4.69, 9.17) is 33.2 Å². The van der Waals surface area contributed by atoms with E-state index in [1.165, 1.54) is 33.5 Å². The zero-order valence-corrected chi connectivity index (χ0v) is 34.7. The number of rotatable bonds is 28. The zero-order valence-electron chi connectivity index (χ0n) is 34.7. The Labute approximate surface area is 343 Å². The lowest BCUT2D eigenvalue weighted by molar-refractivity contribution is -0.328. The van der Waals surface area contributed by atoms with E-state index in [1.54, 1.807) is 6.92 Å². The lowest BCUT2D eigenvalue weighted by Gasteiger charge is -2.43. The summed E-state index contributed by atoms with van der Waals surface area (Å²) in [7, 11) is 2.60. The summed E-state index contributed by atoms with van der Waals surface area (Å²) in [5.74, 6) is -0.775. The molecule has 58 heavy (non-hydrogen) atoms. The van der Waals surface area contributed by atoms with E-state index in [0.29, 0.717) is 19.3 Å². The molecule has 0 radical (unpaired) electrons. The number of aliphatic hydroxyl groups is 5. The number of amides is 2. The lowest BCUT2D eigenvalue weighted by Crippen LogP contribution is -2.62. The largest absolute Gasteiger partial charge is 0.464 e. The van der Waals surface area contributed by atoms with Gasteiger partial charge in [-0.2, -0.15) is 0 Å². The van der Waals surface area contributed by atoms with E-state index in [9.17, 15) is 39.9 Å². The fourth-order valence-corrected chi connectivity index (χ4v) is 6.35. The molecule has 0 bridgehead atoms. The molecule has 2 aliphatic rings. The second-order valence-electron chi connectivity index (χ2n) is 14.4. The molecular formula is C41H70N2O15. The van der Waals surface area contributed by atoms with Gasteiger partial charge in [-0.3, -0.25) is 4.79 Å². The number of aliphatic hydroxyl groups excluding tert-OH is 5. The van der Waals surface area contributed by atoms with E-state index in [2.05, 4.69) is 54.0 Å². The molecule has 2 heterocycles. The van der Waals surface area contributed by atoms with E-state index in [0.717, 1.165) is 32.1 Å². The van der Waals surface area contributed by atoms with Gasteiger partial charge in [0.1, 0.15) is 48.8 Å². The van der Waals surface area contributed by atoms with Crippen LogP contribution in [-0.2, 0) is 42.7 Å². The van der Waals surface area contributed by atoms with Crippen molar-refractivity contribution in [1.82, 2.24) is 10.6 Å². The molecule has 7 N–H and O–H groups in total. The van der Waals surface area contributed by atoms with Gasteiger partial charge in [-0.1, -0.05) is 56.2 Å². The highest BCUT2D eigenvalue weighted by atomic mass is 16.7. The molecule has 2 saturated heterocycles. The predicted molar refractivity (Wildman–Crippen MR) is 212 cm³/mol. The fourth-order valence-electron chi connectivity index (χ4n) is 6.35. The Balaban J connectivity index is 1.73. The summed E-state index contributed by atoms with van der Waals surface area (Å²) >= 11 is 0. The van der Waals surface area contributed by atoms with E-state index in [1.807, 2.05) is 0 Å². The minimum atomic E-state index is -1.65. The molecule has 11 atom stereocenters. The van der Waals surface area contributed by atoms with E-state index < -0.39 is 86.1 Å². The minimum absolute atomic E-state index is 0.103. The van der Waals surface area contributed by atoms with Crippen LogP contribution in [0.15, 0.2) is 36.5 Å². The van der Waals surface area contributed by atoms with Gasteiger partial charge in [0.25, 0.3) is 0 Å². The van der Waals surface area contributed by atoms with Crippen LogP contribution in [-0.4, -0.2) is 152 Å². The third kappa shape index (κ3) is 19.0.